The Bertz CT molecular complexity index is 161. The van der Waals surface area contributed by atoms with Gasteiger partial charge in [-0.25, -0.2) is 0 Å². The Hall–Kier alpha value is -0.300. The Morgan fingerprint density at radius 2 is 2.40 bits per heavy atom. The van der Waals surface area contributed by atoms with E-state index in [1.165, 1.54) is 0 Å². The molecule has 0 radical (unpaired) electrons. The Labute approximate surface area is 66.1 Å². The van der Waals surface area contributed by atoms with Crippen LogP contribution in [0.25, 0.3) is 0 Å². The van der Waals surface area contributed by atoms with Crippen LogP contribution in [-0.2, 0) is 4.79 Å². The van der Waals surface area contributed by atoms with Gasteiger partial charge in [0.2, 0.25) is 0 Å². The smallest absolute Gasteiger partial charge is 0.158 e. The van der Waals surface area contributed by atoms with Crippen molar-refractivity contribution in [2.24, 2.45) is 0 Å². The molecule has 0 atom stereocenters. The van der Waals surface area contributed by atoms with Crippen LogP contribution in [0.4, 0.5) is 0 Å². The van der Waals surface area contributed by atoms with Crippen molar-refractivity contribution in [3.63, 3.8) is 0 Å². The van der Waals surface area contributed by atoms with E-state index in [1.54, 1.807) is 0 Å². The lowest BCUT2D eigenvalue weighted by Crippen LogP contribution is -1.95. The van der Waals surface area contributed by atoms with Gasteiger partial charge >= 0.3 is 0 Å². The second kappa shape index (κ2) is 3.77. The lowest BCUT2D eigenvalue weighted by molar-refractivity contribution is -0.115. The first kappa shape index (κ1) is 7.80. The molecule has 0 bridgehead atoms. The first-order valence-corrected chi connectivity index (χ1v) is 4.16. The highest BCUT2D eigenvalue weighted by Gasteiger charge is 2.13. The van der Waals surface area contributed by atoms with Crippen molar-refractivity contribution < 1.29 is 4.79 Å². The normalized spacial score (nSPS) is 17.7. The monoisotopic (exact) mass is 158 g/mol. The van der Waals surface area contributed by atoms with E-state index in [4.69, 9.17) is 11.6 Å². The van der Waals surface area contributed by atoms with Gasteiger partial charge in [-0.3, -0.25) is 4.79 Å². The van der Waals surface area contributed by atoms with Crippen molar-refractivity contribution in [3.05, 3.63) is 11.6 Å². The van der Waals surface area contributed by atoms with Gasteiger partial charge in [-0.2, -0.15) is 0 Å². The second-order valence-corrected chi connectivity index (χ2v) is 2.86. The number of rotatable bonds is 3. The van der Waals surface area contributed by atoms with Gasteiger partial charge in [0.05, 0.1) is 0 Å². The quantitative estimate of drug-likeness (QED) is 0.576. The molecule has 1 rings (SSSR count). The molecule has 1 aliphatic rings. The number of ketones is 1. The molecule has 0 saturated heterocycles. The minimum Gasteiger partial charge on any atom is -0.295 e. The van der Waals surface area contributed by atoms with E-state index in [9.17, 15) is 4.79 Å². The van der Waals surface area contributed by atoms with Gasteiger partial charge in [0.1, 0.15) is 0 Å². The molecule has 0 fully saturated rings. The fourth-order valence-corrected chi connectivity index (χ4v) is 1.28. The van der Waals surface area contributed by atoms with Crippen LogP contribution in [-0.4, -0.2) is 11.7 Å². The number of halogens is 1. The predicted molar refractivity (Wildman–Crippen MR) is 42.3 cm³/mol. The van der Waals surface area contributed by atoms with E-state index < -0.39 is 0 Å². The van der Waals surface area contributed by atoms with Gasteiger partial charge < -0.3 is 0 Å². The fraction of sp³-hybridized carbons (Fsp3) is 0.625. The summed E-state index contributed by atoms with van der Waals surface area (Å²) in [5.41, 5.74) is 1.00. The largest absolute Gasteiger partial charge is 0.295 e. The Balaban J connectivity index is 2.33. The lowest BCUT2D eigenvalue weighted by Gasteiger charge is -1.95. The number of allylic oxidation sites excluding steroid dienone is 2. The highest BCUT2D eigenvalue weighted by molar-refractivity contribution is 6.17. The number of alkyl halides is 1. The third-order valence-electron chi connectivity index (χ3n) is 1.70. The van der Waals surface area contributed by atoms with Crippen molar-refractivity contribution in [1.29, 1.82) is 0 Å². The van der Waals surface area contributed by atoms with E-state index in [-0.39, 0.29) is 0 Å². The number of hydrogen-bond donors (Lipinski definition) is 0. The average molecular weight is 159 g/mol. The molecule has 0 saturated carbocycles. The molecule has 0 aromatic heterocycles. The molecule has 0 aliphatic heterocycles. The van der Waals surface area contributed by atoms with Crippen LogP contribution in [0.1, 0.15) is 25.7 Å². The first-order chi connectivity index (χ1) is 4.84. The summed E-state index contributed by atoms with van der Waals surface area (Å²) in [6.07, 6.45) is 5.50. The van der Waals surface area contributed by atoms with E-state index >= 15 is 0 Å². The van der Waals surface area contributed by atoms with Gasteiger partial charge in [-0.1, -0.05) is 6.08 Å². The molecule has 0 spiro atoms. The Kier molecular flexibility index (Phi) is 2.94. The van der Waals surface area contributed by atoms with E-state index in [0.717, 1.165) is 31.3 Å². The third-order valence-corrected chi connectivity index (χ3v) is 1.97. The minimum absolute atomic E-state index is 0.324. The maximum Gasteiger partial charge on any atom is 0.158 e. The third kappa shape index (κ3) is 1.84. The molecule has 10 heavy (non-hydrogen) atoms. The van der Waals surface area contributed by atoms with Crippen molar-refractivity contribution >= 4 is 17.4 Å². The van der Waals surface area contributed by atoms with Crippen molar-refractivity contribution in [1.82, 2.24) is 0 Å². The Morgan fingerprint density at radius 3 is 2.90 bits per heavy atom. The van der Waals surface area contributed by atoms with Crippen LogP contribution in [0.3, 0.4) is 0 Å². The zero-order valence-electron chi connectivity index (χ0n) is 5.90. The molecule has 2 heteroatoms. The maximum atomic E-state index is 11.0. The summed E-state index contributed by atoms with van der Waals surface area (Å²) in [4.78, 5) is 11.0. The van der Waals surface area contributed by atoms with Crippen molar-refractivity contribution in [2.75, 3.05) is 5.88 Å². The van der Waals surface area contributed by atoms with E-state index in [1.807, 2.05) is 6.08 Å². The van der Waals surface area contributed by atoms with Gasteiger partial charge in [-0.05, 0) is 24.8 Å². The zero-order chi connectivity index (χ0) is 7.40. The number of hydrogen-bond acceptors (Lipinski definition) is 1. The summed E-state index contributed by atoms with van der Waals surface area (Å²) in [5, 5.41) is 0. The van der Waals surface area contributed by atoms with E-state index in [2.05, 4.69) is 0 Å². The van der Waals surface area contributed by atoms with Crippen molar-refractivity contribution in [3.8, 4) is 0 Å². The molecule has 0 heterocycles. The summed E-state index contributed by atoms with van der Waals surface area (Å²) in [6.45, 7) is 0. The molecule has 1 aliphatic carbocycles. The molecular formula is C8H11ClO. The molecule has 56 valence electrons. The highest BCUT2D eigenvalue weighted by atomic mass is 35.5. The second-order valence-electron chi connectivity index (χ2n) is 2.48. The van der Waals surface area contributed by atoms with E-state index in [0.29, 0.717) is 11.7 Å². The summed E-state index contributed by atoms with van der Waals surface area (Å²) in [7, 11) is 0. The van der Waals surface area contributed by atoms with Gasteiger partial charge in [0, 0.05) is 12.3 Å². The number of carbonyl (C=O) groups is 1. The molecule has 0 aromatic rings. The summed E-state index contributed by atoms with van der Waals surface area (Å²) in [6, 6.07) is 0. The lowest BCUT2D eigenvalue weighted by atomic mass is 10.1. The standard InChI is InChI=1S/C8H11ClO/c9-6-2-4-7-3-1-5-8(7)10/h3H,1-2,4-6H2. The summed E-state index contributed by atoms with van der Waals surface area (Å²) < 4.78 is 0. The molecule has 0 unspecified atom stereocenters. The van der Waals surface area contributed by atoms with Crippen LogP contribution >= 0.6 is 11.6 Å². The molecule has 0 N–H and O–H groups in total. The van der Waals surface area contributed by atoms with Crippen LogP contribution in [0.2, 0.25) is 0 Å². The fourth-order valence-electron chi connectivity index (χ4n) is 1.15. The van der Waals surface area contributed by atoms with Crippen molar-refractivity contribution in [2.45, 2.75) is 25.7 Å². The number of Topliss-reactive ketones (excluding diaryl/α,β-unsaturated/α-hetero) is 1. The van der Waals surface area contributed by atoms with Crippen LogP contribution in [0.5, 0.6) is 0 Å². The van der Waals surface area contributed by atoms with Crippen LogP contribution in [0, 0.1) is 0 Å². The zero-order valence-corrected chi connectivity index (χ0v) is 6.66. The minimum atomic E-state index is 0.324. The van der Waals surface area contributed by atoms with Crippen LogP contribution < -0.4 is 0 Å². The summed E-state index contributed by atoms with van der Waals surface area (Å²) >= 11 is 5.49. The SMILES string of the molecule is O=C1CCC=C1CCCCl. The molecule has 0 amide bonds. The topological polar surface area (TPSA) is 17.1 Å². The molecule has 1 nitrogen and oxygen atoms in total. The Morgan fingerprint density at radius 1 is 1.60 bits per heavy atom. The predicted octanol–water partition coefficient (Wildman–Crippen LogP) is 2.29. The average Bonchev–Trinajstić information content (AvgIpc) is 2.31. The van der Waals surface area contributed by atoms with Gasteiger partial charge in [-0.15, -0.1) is 11.6 Å². The maximum absolute atomic E-state index is 11.0. The van der Waals surface area contributed by atoms with Gasteiger partial charge in [0.25, 0.3) is 0 Å². The van der Waals surface area contributed by atoms with Crippen LogP contribution in [0.15, 0.2) is 11.6 Å². The highest BCUT2D eigenvalue weighted by Crippen LogP contribution is 2.18. The molecule has 0 aromatic carbocycles. The molecular weight excluding hydrogens is 148 g/mol. The van der Waals surface area contributed by atoms with Gasteiger partial charge in [0.15, 0.2) is 5.78 Å². The first-order valence-electron chi connectivity index (χ1n) is 3.63. The summed E-state index contributed by atoms with van der Waals surface area (Å²) in [5.74, 6) is 0.982. The number of carbonyl (C=O) groups excluding carboxylic acids is 1.